The molecule has 3 rings (SSSR count). The van der Waals surface area contributed by atoms with E-state index in [2.05, 4.69) is 0 Å². The van der Waals surface area contributed by atoms with Gasteiger partial charge in [0.25, 0.3) is 0 Å². The SMILES string of the molecule is Cc1cn2ccccc2c1S(=O)(=O)c1ccc(O)cc1. The van der Waals surface area contributed by atoms with Crippen LogP contribution in [0.1, 0.15) is 5.56 Å². The number of hydrogen-bond acceptors (Lipinski definition) is 3. The Hall–Kier alpha value is -2.27. The zero-order valence-electron chi connectivity index (χ0n) is 10.8. The Morgan fingerprint density at radius 1 is 1.05 bits per heavy atom. The second kappa shape index (κ2) is 4.38. The van der Waals surface area contributed by atoms with Gasteiger partial charge in [0.15, 0.2) is 0 Å². The molecule has 0 aliphatic carbocycles. The molecule has 4 nitrogen and oxygen atoms in total. The number of aryl methyl sites for hydroxylation is 1. The molecule has 0 radical (unpaired) electrons. The van der Waals surface area contributed by atoms with Crippen LogP contribution in [0.5, 0.6) is 5.75 Å². The third-order valence-corrected chi connectivity index (χ3v) is 5.19. The minimum absolute atomic E-state index is 0.0439. The molecule has 5 heteroatoms. The average Bonchev–Trinajstić information content (AvgIpc) is 2.75. The fourth-order valence-corrected chi connectivity index (χ4v) is 3.98. The Balaban J connectivity index is 2.29. The van der Waals surface area contributed by atoms with E-state index in [1.165, 1.54) is 24.3 Å². The molecule has 2 aromatic heterocycles. The van der Waals surface area contributed by atoms with Crippen molar-refractivity contribution in [2.45, 2.75) is 16.7 Å². The Bertz CT molecular complexity index is 877. The van der Waals surface area contributed by atoms with Gasteiger partial charge in [0.1, 0.15) is 10.6 Å². The van der Waals surface area contributed by atoms with Crippen molar-refractivity contribution >= 4 is 15.4 Å². The van der Waals surface area contributed by atoms with Crippen LogP contribution in [0.4, 0.5) is 0 Å². The molecule has 0 amide bonds. The molecule has 1 N–H and O–H groups in total. The van der Waals surface area contributed by atoms with Gasteiger partial charge in [-0.2, -0.15) is 0 Å². The topological polar surface area (TPSA) is 58.8 Å². The van der Waals surface area contributed by atoms with E-state index in [4.69, 9.17) is 0 Å². The van der Waals surface area contributed by atoms with Gasteiger partial charge < -0.3 is 9.51 Å². The van der Waals surface area contributed by atoms with E-state index >= 15 is 0 Å². The Labute approximate surface area is 116 Å². The van der Waals surface area contributed by atoms with Crippen LogP contribution in [0.25, 0.3) is 5.52 Å². The predicted octanol–water partition coefficient (Wildman–Crippen LogP) is 2.79. The molecule has 0 bridgehead atoms. The lowest BCUT2D eigenvalue weighted by atomic mass is 10.3. The maximum atomic E-state index is 12.7. The lowest BCUT2D eigenvalue weighted by molar-refractivity contribution is 0.475. The number of phenolic OH excluding ortho intramolecular Hbond substituents is 1. The van der Waals surface area contributed by atoms with Gasteiger partial charge in [0, 0.05) is 12.4 Å². The van der Waals surface area contributed by atoms with E-state index in [1.807, 2.05) is 18.3 Å². The largest absolute Gasteiger partial charge is 0.508 e. The fraction of sp³-hybridized carbons (Fsp3) is 0.0667. The van der Waals surface area contributed by atoms with Crippen molar-refractivity contribution < 1.29 is 13.5 Å². The van der Waals surface area contributed by atoms with Crippen LogP contribution in [0.3, 0.4) is 0 Å². The van der Waals surface area contributed by atoms with Gasteiger partial charge in [-0.1, -0.05) is 6.07 Å². The first-order valence-corrected chi connectivity index (χ1v) is 7.59. The van der Waals surface area contributed by atoms with Crippen LogP contribution in [0.15, 0.2) is 64.6 Å². The highest BCUT2D eigenvalue weighted by Crippen LogP contribution is 2.29. The summed E-state index contributed by atoms with van der Waals surface area (Å²) in [6.07, 6.45) is 3.61. The third-order valence-electron chi connectivity index (χ3n) is 3.23. The summed E-state index contributed by atoms with van der Waals surface area (Å²) in [6, 6.07) is 11.0. The molecule has 3 aromatic rings. The molecule has 20 heavy (non-hydrogen) atoms. The van der Waals surface area contributed by atoms with Crippen molar-refractivity contribution in [3.05, 3.63) is 60.4 Å². The summed E-state index contributed by atoms with van der Waals surface area (Å²) >= 11 is 0. The normalized spacial score (nSPS) is 11.8. The predicted molar refractivity (Wildman–Crippen MR) is 75.7 cm³/mol. The first-order valence-electron chi connectivity index (χ1n) is 6.10. The number of phenols is 1. The van der Waals surface area contributed by atoms with Crippen molar-refractivity contribution in [3.63, 3.8) is 0 Å². The van der Waals surface area contributed by atoms with Gasteiger partial charge in [-0.15, -0.1) is 0 Å². The van der Waals surface area contributed by atoms with Crippen molar-refractivity contribution in [2.75, 3.05) is 0 Å². The zero-order valence-corrected chi connectivity index (χ0v) is 11.6. The summed E-state index contributed by atoms with van der Waals surface area (Å²) in [5.41, 5.74) is 1.35. The summed E-state index contributed by atoms with van der Waals surface area (Å²) < 4.78 is 27.3. The summed E-state index contributed by atoms with van der Waals surface area (Å²) in [6.45, 7) is 1.78. The smallest absolute Gasteiger partial charge is 0.208 e. The summed E-state index contributed by atoms with van der Waals surface area (Å²) in [5, 5.41) is 9.28. The van der Waals surface area contributed by atoms with Crippen molar-refractivity contribution in [2.24, 2.45) is 0 Å². The number of sulfone groups is 1. The van der Waals surface area contributed by atoms with E-state index in [1.54, 1.807) is 23.6 Å². The highest BCUT2D eigenvalue weighted by atomic mass is 32.2. The number of rotatable bonds is 2. The van der Waals surface area contributed by atoms with Crippen molar-refractivity contribution in [1.82, 2.24) is 4.40 Å². The molecule has 0 saturated heterocycles. The maximum Gasteiger partial charge on any atom is 0.208 e. The second-order valence-corrected chi connectivity index (χ2v) is 6.52. The van der Waals surface area contributed by atoms with Crippen LogP contribution in [0, 0.1) is 6.92 Å². The molecule has 0 aliphatic rings. The minimum atomic E-state index is -3.60. The number of aromatic nitrogens is 1. The lowest BCUT2D eigenvalue weighted by Gasteiger charge is -2.05. The Morgan fingerprint density at radius 3 is 2.45 bits per heavy atom. The monoisotopic (exact) mass is 287 g/mol. The van der Waals surface area contributed by atoms with Gasteiger partial charge in [0.05, 0.1) is 10.4 Å². The second-order valence-electron chi connectivity index (χ2n) is 4.63. The molecule has 102 valence electrons. The molecule has 1 aromatic carbocycles. The number of fused-ring (bicyclic) bond motifs is 1. The number of benzene rings is 1. The van der Waals surface area contributed by atoms with E-state index in [-0.39, 0.29) is 10.6 Å². The van der Waals surface area contributed by atoms with Crippen molar-refractivity contribution in [1.29, 1.82) is 0 Å². The minimum Gasteiger partial charge on any atom is -0.508 e. The molecule has 0 atom stereocenters. The molecule has 0 fully saturated rings. The first kappa shape index (κ1) is 12.7. The van der Waals surface area contributed by atoms with Crippen LogP contribution in [0.2, 0.25) is 0 Å². The number of aromatic hydroxyl groups is 1. The van der Waals surface area contributed by atoms with Gasteiger partial charge in [-0.3, -0.25) is 0 Å². The zero-order chi connectivity index (χ0) is 14.3. The molecule has 0 unspecified atom stereocenters. The van der Waals surface area contributed by atoms with E-state index in [9.17, 15) is 13.5 Å². The molecule has 0 saturated carbocycles. The van der Waals surface area contributed by atoms with Crippen LogP contribution < -0.4 is 0 Å². The standard InChI is InChI=1S/C15H13NO3S/c1-11-10-16-9-3-2-4-14(16)15(11)20(18,19)13-7-5-12(17)6-8-13/h2-10,17H,1H3. The highest BCUT2D eigenvalue weighted by molar-refractivity contribution is 7.91. The lowest BCUT2D eigenvalue weighted by Crippen LogP contribution is -2.02. The first-order chi connectivity index (χ1) is 9.50. The Morgan fingerprint density at radius 2 is 1.75 bits per heavy atom. The molecular formula is C15H13NO3S. The number of nitrogens with zero attached hydrogens (tertiary/aromatic N) is 1. The quantitative estimate of drug-likeness (QED) is 0.788. The van der Waals surface area contributed by atoms with Gasteiger partial charge in [0.2, 0.25) is 9.84 Å². The van der Waals surface area contributed by atoms with E-state index < -0.39 is 9.84 Å². The summed E-state index contributed by atoms with van der Waals surface area (Å²) in [5.74, 6) is 0.0439. The average molecular weight is 287 g/mol. The van der Waals surface area contributed by atoms with E-state index in [0.29, 0.717) is 16.0 Å². The molecule has 0 aliphatic heterocycles. The number of pyridine rings is 1. The fourth-order valence-electron chi connectivity index (χ4n) is 2.32. The van der Waals surface area contributed by atoms with E-state index in [0.717, 1.165) is 0 Å². The number of hydrogen-bond donors (Lipinski definition) is 1. The molecular weight excluding hydrogens is 274 g/mol. The third kappa shape index (κ3) is 1.87. The summed E-state index contributed by atoms with van der Waals surface area (Å²) in [7, 11) is -3.60. The van der Waals surface area contributed by atoms with Crippen molar-refractivity contribution in [3.8, 4) is 5.75 Å². The summed E-state index contributed by atoms with van der Waals surface area (Å²) in [4.78, 5) is 0.485. The van der Waals surface area contributed by atoms with Crippen LogP contribution in [-0.4, -0.2) is 17.9 Å². The van der Waals surface area contributed by atoms with Gasteiger partial charge in [-0.25, -0.2) is 8.42 Å². The van der Waals surface area contributed by atoms with Gasteiger partial charge >= 0.3 is 0 Å². The molecule has 0 spiro atoms. The van der Waals surface area contributed by atoms with Gasteiger partial charge in [-0.05, 0) is 48.9 Å². The highest BCUT2D eigenvalue weighted by Gasteiger charge is 2.24. The van der Waals surface area contributed by atoms with Crippen LogP contribution in [-0.2, 0) is 9.84 Å². The molecule has 2 heterocycles. The maximum absolute atomic E-state index is 12.7. The van der Waals surface area contributed by atoms with Crippen LogP contribution >= 0.6 is 0 Å². The Kier molecular flexibility index (Phi) is 2.79.